The molecule has 0 radical (unpaired) electrons. The Balaban J connectivity index is 1.94. The molecule has 2 aromatic carbocycles. The molecule has 2 N–H and O–H groups in total. The number of esters is 1. The molecule has 1 atom stereocenters. The maximum absolute atomic E-state index is 11.7. The summed E-state index contributed by atoms with van der Waals surface area (Å²) in [4.78, 5) is 21.7. The zero-order chi connectivity index (χ0) is 16.1. The molecule has 2 rings (SSSR count). The molecule has 0 saturated heterocycles. The molecule has 0 fully saturated rings. The lowest BCUT2D eigenvalue weighted by Gasteiger charge is -2.11. The highest BCUT2D eigenvalue weighted by Crippen LogP contribution is 2.19. The fourth-order valence-corrected chi connectivity index (χ4v) is 1.74. The van der Waals surface area contributed by atoms with Crippen LogP contribution in [-0.4, -0.2) is 21.1 Å². The van der Waals surface area contributed by atoms with Gasteiger partial charge in [-0.25, -0.2) is 4.79 Å². The lowest BCUT2D eigenvalue weighted by molar-refractivity contribution is -0.384. The van der Waals surface area contributed by atoms with Gasteiger partial charge in [-0.15, -0.1) is 0 Å². The van der Waals surface area contributed by atoms with E-state index in [1.54, 1.807) is 0 Å². The van der Waals surface area contributed by atoms with Crippen molar-refractivity contribution in [3.05, 3.63) is 69.8 Å². The number of carbonyl (C=O) groups is 1. The number of carbonyl (C=O) groups excluding carboxylic acids is 1. The Kier molecular flexibility index (Phi) is 4.70. The van der Waals surface area contributed by atoms with Crippen LogP contribution in [-0.2, 0) is 16.1 Å². The molecule has 7 heteroatoms. The van der Waals surface area contributed by atoms with Gasteiger partial charge < -0.3 is 14.9 Å². The lowest BCUT2D eigenvalue weighted by atomic mass is 10.1. The Morgan fingerprint density at radius 1 is 1.14 bits per heavy atom. The summed E-state index contributed by atoms with van der Waals surface area (Å²) in [6.45, 7) is -0.105. The second-order valence-electron chi connectivity index (χ2n) is 4.53. The van der Waals surface area contributed by atoms with Crippen LogP contribution in [0.15, 0.2) is 48.5 Å². The van der Waals surface area contributed by atoms with Gasteiger partial charge in [-0.05, 0) is 35.4 Å². The van der Waals surface area contributed by atoms with Crippen molar-refractivity contribution in [2.45, 2.75) is 12.7 Å². The monoisotopic (exact) mass is 303 g/mol. The second-order valence-corrected chi connectivity index (χ2v) is 4.53. The summed E-state index contributed by atoms with van der Waals surface area (Å²) >= 11 is 0. The van der Waals surface area contributed by atoms with Gasteiger partial charge in [-0.3, -0.25) is 10.1 Å². The van der Waals surface area contributed by atoms with Gasteiger partial charge in [0.2, 0.25) is 0 Å². The van der Waals surface area contributed by atoms with Crippen LogP contribution in [0.1, 0.15) is 17.2 Å². The Morgan fingerprint density at radius 2 is 1.73 bits per heavy atom. The first-order chi connectivity index (χ1) is 10.5. The molecule has 0 heterocycles. The van der Waals surface area contributed by atoms with Crippen LogP contribution < -0.4 is 0 Å². The smallest absolute Gasteiger partial charge is 0.339 e. The Morgan fingerprint density at radius 3 is 2.27 bits per heavy atom. The van der Waals surface area contributed by atoms with Gasteiger partial charge in [-0.2, -0.15) is 0 Å². The van der Waals surface area contributed by atoms with E-state index < -0.39 is 17.0 Å². The number of hydrogen-bond donors (Lipinski definition) is 2. The van der Waals surface area contributed by atoms with Crippen molar-refractivity contribution >= 4 is 11.7 Å². The number of phenols is 1. The van der Waals surface area contributed by atoms with Crippen LogP contribution in [0.25, 0.3) is 0 Å². The first kappa shape index (κ1) is 15.5. The average molecular weight is 303 g/mol. The third-order valence-electron chi connectivity index (χ3n) is 2.96. The van der Waals surface area contributed by atoms with Crippen molar-refractivity contribution in [3.63, 3.8) is 0 Å². The average Bonchev–Trinajstić information content (AvgIpc) is 2.53. The van der Waals surface area contributed by atoms with E-state index in [1.165, 1.54) is 48.5 Å². The quantitative estimate of drug-likeness (QED) is 0.497. The van der Waals surface area contributed by atoms with Crippen molar-refractivity contribution in [2.75, 3.05) is 0 Å². The second kappa shape index (κ2) is 6.68. The fourth-order valence-electron chi connectivity index (χ4n) is 1.74. The van der Waals surface area contributed by atoms with Gasteiger partial charge in [0.1, 0.15) is 12.4 Å². The zero-order valence-electron chi connectivity index (χ0n) is 11.4. The molecule has 0 aromatic heterocycles. The van der Waals surface area contributed by atoms with E-state index in [2.05, 4.69) is 0 Å². The number of nitrogens with zero attached hydrogens (tertiary/aromatic N) is 1. The van der Waals surface area contributed by atoms with Crippen LogP contribution >= 0.6 is 0 Å². The SMILES string of the molecule is O=C(OCc1ccc([N+](=O)[O-])cc1)[C@H](O)c1ccc(O)cc1. The molecule has 0 spiro atoms. The Labute approximate surface area is 125 Å². The molecule has 2 aromatic rings. The molecular weight excluding hydrogens is 290 g/mol. The summed E-state index contributed by atoms with van der Waals surface area (Å²) in [7, 11) is 0. The van der Waals surface area contributed by atoms with Gasteiger partial charge in [0.25, 0.3) is 5.69 Å². The highest BCUT2D eigenvalue weighted by atomic mass is 16.6. The molecule has 0 unspecified atom stereocenters. The van der Waals surface area contributed by atoms with E-state index in [9.17, 15) is 20.0 Å². The number of non-ortho nitro benzene ring substituents is 1. The van der Waals surface area contributed by atoms with Crippen LogP contribution in [0, 0.1) is 10.1 Å². The van der Waals surface area contributed by atoms with Gasteiger partial charge in [-0.1, -0.05) is 12.1 Å². The number of phenolic OH excluding ortho intramolecular Hbond substituents is 1. The van der Waals surface area contributed by atoms with Crippen LogP contribution in [0.5, 0.6) is 5.75 Å². The summed E-state index contributed by atoms with van der Waals surface area (Å²) in [6, 6.07) is 11.1. The highest BCUT2D eigenvalue weighted by molar-refractivity contribution is 5.76. The number of ether oxygens (including phenoxy) is 1. The van der Waals surface area contributed by atoms with E-state index in [0.29, 0.717) is 11.1 Å². The van der Waals surface area contributed by atoms with Crippen molar-refractivity contribution in [2.24, 2.45) is 0 Å². The number of aromatic hydroxyl groups is 1. The topological polar surface area (TPSA) is 110 Å². The third-order valence-corrected chi connectivity index (χ3v) is 2.96. The van der Waals surface area contributed by atoms with Crippen LogP contribution in [0.2, 0.25) is 0 Å². The predicted octanol–water partition coefficient (Wildman–Crippen LogP) is 2.08. The number of aliphatic hydroxyl groups excluding tert-OH is 1. The molecule has 0 aliphatic heterocycles. The van der Waals surface area contributed by atoms with Gasteiger partial charge in [0.15, 0.2) is 6.10 Å². The van der Waals surface area contributed by atoms with Crippen molar-refractivity contribution in [1.82, 2.24) is 0 Å². The molecule has 0 bridgehead atoms. The number of aliphatic hydroxyl groups is 1. The summed E-state index contributed by atoms with van der Waals surface area (Å²) in [5.41, 5.74) is 0.808. The van der Waals surface area contributed by atoms with Crippen molar-refractivity contribution in [3.8, 4) is 5.75 Å². The minimum atomic E-state index is -1.46. The number of nitro benzene ring substituents is 1. The van der Waals surface area contributed by atoms with E-state index in [1.807, 2.05) is 0 Å². The Bertz CT molecular complexity index is 665. The number of benzene rings is 2. The molecule has 0 saturated carbocycles. The van der Waals surface area contributed by atoms with E-state index in [0.717, 1.165) is 0 Å². The van der Waals surface area contributed by atoms with Crippen LogP contribution in [0.4, 0.5) is 5.69 Å². The summed E-state index contributed by atoms with van der Waals surface area (Å²) in [5.74, 6) is -0.820. The van der Waals surface area contributed by atoms with E-state index >= 15 is 0 Å². The Hall–Kier alpha value is -2.93. The predicted molar refractivity (Wildman–Crippen MR) is 76.0 cm³/mol. The molecular formula is C15H13NO6. The summed E-state index contributed by atoms with van der Waals surface area (Å²) in [5, 5.41) is 29.5. The van der Waals surface area contributed by atoms with Crippen LogP contribution in [0.3, 0.4) is 0 Å². The van der Waals surface area contributed by atoms with Gasteiger partial charge in [0.05, 0.1) is 4.92 Å². The van der Waals surface area contributed by atoms with E-state index in [4.69, 9.17) is 9.84 Å². The molecule has 22 heavy (non-hydrogen) atoms. The first-order valence-corrected chi connectivity index (χ1v) is 6.34. The van der Waals surface area contributed by atoms with Gasteiger partial charge in [0, 0.05) is 12.1 Å². The number of nitro groups is 1. The standard InChI is InChI=1S/C15H13NO6/c17-13-7-3-11(4-8-13)14(18)15(19)22-9-10-1-5-12(6-2-10)16(20)21/h1-8,14,17-18H,9H2/t14-/m1/s1. The van der Waals surface area contributed by atoms with E-state index in [-0.39, 0.29) is 18.0 Å². The fraction of sp³-hybridized carbons (Fsp3) is 0.133. The van der Waals surface area contributed by atoms with Crippen molar-refractivity contribution < 1.29 is 24.7 Å². The lowest BCUT2D eigenvalue weighted by Crippen LogP contribution is -2.15. The minimum Gasteiger partial charge on any atom is -0.508 e. The molecule has 114 valence electrons. The number of hydrogen-bond acceptors (Lipinski definition) is 6. The maximum atomic E-state index is 11.7. The molecule has 0 amide bonds. The van der Waals surface area contributed by atoms with Crippen molar-refractivity contribution in [1.29, 1.82) is 0 Å². The number of rotatable bonds is 5. The normalized spacial score (nSPS) is 11.7. The molecule has 0 aliphatic carbocycles. The molecule has 7 nitrogen and oxygen atoms in total. The third kappa shape index (κ3) is 3.80. The summed E-state index contributed by atoms with van der Waals surface area (Å²) in [6.07, 6.45) is -1.46. The van der Waals surface area contributed by atoms with Gasteiger partial charge >= 0.3 is 5.97 Å². The summed E-state index contributed by atoms with van der Waals surface area (Å²) < 4.78 is 4.95. The first-order valence-electron chi connectivity index (χ1n) is 6.34. The maximum Gasteiger partial charge on any atom is 0.339 e. The highest BCUT2D eigenvalue weighted by Gasteiger charge is 2.19. The molecule has 0 aliphatic rings. The zero-order valence-corrected chi connectivity index (χ0v) is 11.4. The minimum absolute atomic E-state index is 0.0233. The largest absolute Gasteiger partial charge is 0.508 e.